The molecule has 1 aliphatic heterocycles. The van der Waals surface area contributed by atoms with Crippen LogP contribution in [0.4, 0.5) is 4.39 Å². The van der Waals surface area contributed by atoms with Gasteiger partial charge in [-0.05, 0) is 42.6 Å². The van der Waals surface area contributed by atoms with Gasteiger partial charge in [0.2, 0.25) is 5.91 Å². The molecule has 0 unspecified atom stereocenters. The first kappa shape index (κ1) is 16.6. The van der Waals surface area contributed by atoms with E-state index in [1.165, 1.54) is 17.7 Å². The molecule has 5 nitrogen and oxygen atoms in total. The maximum atomic E-state index is 12.9. The second kappa shape index (κ2) is 8.06. The van der Waals surface area contributed by atoms with Crippen LogP contribution in [0.5, 0.6) is 0 Å². The van der Waals surface area contributed by atoms with Crippen LogP contribution in [0.25, 0.3) is 0 Å². The van der Waals surface area contributed by atoms with E-state index < -0.39 is 0 Å². The first-order valence-corrected chi connectivity index (χ1v) is 8.43. The van der Waals surface area contributed by atoms with Crippen molar-refractivity contribution in [2.45, 2.75) is 19.3 Å². The highest BCUT2D eigenvalue weighted by molar-refractivity contribution is 5.78. The van der Waals surface area contributed by atoms with Gasteiger partial charge in [0.25, 0.3) is 0 Å². The van der Waals surface area contributed by atoms with Crippen molar-refractivity contribution < 1.29 is 9.18 Å². The summed E-state index contributed by atoms with van der Waals surface area (Å²) in [6.45, 7) is 4.42. The Morgan fingerprint density at radius 1 is 1.12 bits per heavy atom. The Morgan fingerprint density at radius 2 is 1.88 bits per heavy atom. The number of carbonyl (C=O) groups excluding carboxylic acids is 1. The molecule has 2 aromatic rings. The summed E-state index contributed by atoms with van der Waals surface area (Å²) >= 11 is 0. The molecule has 0 aliphatic carbocycles. The number of piperazine rings is 1. The predicted octanol–water partition coefficient (Wildman–Crippen LogP) is 1.87. The van der Waals surface area contributed by atoms with Gasteiger partial charge < -0.3 is 4.90 Å². The van der Waals surface area contributed by atoms with Crippen LogP contribution in [0.1, 0.15) is 17.5 Å². The number of aromatic nitrogens is 2. The lowest BCUT2D eigenvalue weighted by atomic mass is 10.1. The Morgan fingerprint density at radius 3 is 2.54 bits per heavy atom. The van der Waals surface area contributed by atoms with Crippen LogP contribution in [0.15, 0.2) is 36.7 Å². The van der Waals surface area contributed by atoms with Crippen molar-refractivity contribution in [1.29, 1.82) is 0 Å². The third-order valence-electron chi connectivity index (χ3n) is 4.49. The van der Waals surface area contributed by atoms with Crippen LogP contribution in [-0.4, -0.2) is 58.6 Å². The van der Waals surface area contributed by atoms with E-state index >= 15 is 0 Å². The fraction of sp³-hybridized carbons (Fsp3) is 0.444. The molecule has 128 valence electrons. The molecule has 0 spiro atoms. The summed E-state index contributed by atoms with van der Waals surface area (Å²) in [7, 11) is 0. The van der Waals surface area contributed by atoms with Gasteiger partial charge in [-0.2, -0.15) is 5.10 Å². The smallest absolute Gasteiger partial charge is 0.227 e. The minimum absolute atomic E-state index is 0.125. The van der Waals surface area contributed by atoms with E-state index in [9.17, 15) is 9.18 Å². The average Bonchev–Trinajstić information content (AvgIpc) is 3.11. The van der Waals surface area contributed by atoms with Crippen LogP contribution in [0.2, 0.25) is 0 Å². The fourth-order valence-electron chi connectivity index (χ4n) is 3.03. The van der Waals surface area contributed by atoms with Crippen LogP contribution in [0.3, 0.4) is 0 Å². The molecule has 1 saturated heterocycles. The third-order valence-corrected chi connectivity index (χ3v) is 4.49. The zero-order valence-corrected chi connectivity index (χ0v) is 13.7. The molecular weight excluding hydrogens is 307 g/mol. The number of carbonyl (C=O) groups is 1. The summed E-state index contributed by atoms with van der Waals surface area (Å²) in [4.78, 5) is 16.6. The molecule has 1 amide bonds. The summed E-state index contributed by atoms with van der Waals surface area (Å²) in [5, 5.41) is 6.78. The third kappa shape index (κ3) is 4.64. The molecule has 6 heteroatoms. The number of H-pyrrole nitrogens is 1. The number of nitrogens with zero attached hydrogens (tertiary/aromatic N) is 3. The van der Waals surface area contributed by atoms with Crippen LogP contribution < -0.4 is 0 Å². The van der Waals surface area contributed by atoms with Crippen molar-refractivity contribution in [3.63, 3.8) is 0 Å². The van der Waals surface area contributed by atoms with Gasteiger partial charge in [0.05, 0.1) is 12.6 Å². The lowest BCUT2D eigenvalue weighted by Crippen LogP contribution is -2.49. The van der Waals surface area contributed by atoms with E-state index in [1.54, 1.807) is 12.1 Å². The summed E-state index contributed by atoms with van der Waals surface area (Å²) in [6.07, 6.45) is 6.28. The first-order valence-electron chi connectivity index (χ1n) is 8.43. The molecule has 1 aromatic carbocycles. The molecule has 0 saturated carbocycles. The average molecular weight is 330 g/mol. The van der Waals surface area contributed by atoms with Crippen molar-refractivity contribution >= 4 is 5.91 Å². The standard InChI is InChI=1S/C18H23FN4O/c19-17-5-3-15(4-6-17)12-18(24)23-10-8-22(9-11-23)7-1-2-16-13-20-21-14-16/h3-6,13-14H,1-2,7-12H2,(H,20,21). The SMILES string of the molecule is O=C(Cc1ccc(F)cc1)N1CCN(CCCc2cn[nH]c2)CC1. The molecule has 0 bridgehead atoms. The number of hydrogen-bond donors (Lipinski definition) is 1. The number of benzene rings is 1. The molecule has 3 rings (SSSR count). The van der Waals surface area contributed by atoms with E-state index in [-0.39, 0.29) is 11.7 Å². The second-order valence-corrected chi connectivity index (χ2v) is 6.24. The largest absolute Gasteiger partial charge is 0.340 e. The second-order valence-electron chi connectivity index (χ2n) is 6.24. The molecule has 1 fully saturated rings. The molecule has 24 heavy (non-hydrogen) atoms. The number of aryl methyl sites for hydroxylation is 1. The van der Waals surface area contributed by atoms with Crippen molar-refractivity contribution in [2.75, 3.05) is 32.7 Å². The number of amides is 1. The van der Waals surface area contributed by atoms with E-state index in [1.807, 2.05) is 17.3 Å². The molecule has 1 N–H and O–H groups in total. The number of aromatic amines is 1. The van der Waals surface area contributed by atoms with Gasteiger partial charge in [-0.3, -0.25) is 14.8 Å². The molecule has 0 radical (unpaired) electrons. The Kier molecular flexibility index (Phi) is 5.59. The maximum Gasteiger partial charge on any atom is 0.227 e. The fourth-order valence-corrected chi connectivity index (χ4v) is 3.03. The maximum absolute atomic E-state index is 12.9. The van der Waals surface area contributed by atoms with E-state index in [0.29, 0.717) is 6.42 Å². The molecule has 1 aromatic heterocycles. The van der Waals surface area contributed by atoms with Crippen LogP contribution in [0, 0.1) is 5.82 Å². The van der Waals surface area contributed by atoms with Gasteiger partial charge in [-0.15, -0.1) is 0 Å². The van der Waals surface area contributed by atoms with Crippen molar-refractivity contribution in [3.8, 4) is 0 Å². The van der Waals surface area contributed by atoms with Gasteiger partial charge in [-0.1, -0.05) is 12.1 Å². The Labute approximate surface area is 141 Å². The molecule has 2 heterocycles. The zero-order chi connectivity index (χ0) is 16.8. The minimum Gasteiger partial charge on any atom is -0.340 e. The van der Waals surface area contributed by atoms with Crippen LogP contribution >= 0.6 is 0 Å². The van der Waals surface area contributed by atoms with Crippen molar-refractivity contribution in [3.05, 3.63) is 53.6 Å². The summed E-state index contributed by atoms with van der Waals surface area (Å²) in [5.41, 5.74) is 2.10. The Balaban J connectivity index is 1.38. The minimum atomic E-state index is -0.268. The van der Waals surface area contributed by atoms with Crippen LogP contribution in [-0.2, 0) is 17.6 Å². The van der Waals surface area contributed by atoms with E-state index in [2.05, 4.69) is 15.1 Å². The highest BCUT2D eigenvalue weighted by Gasteiger charge is 2.20. The van der Waals surface area contributed by atoms with Crippen molar-refractivity contribution in [2.24, 2.45) is 0 Å². The van der Waals surface area contributed by atoms with Gasteiger partial charge in [0, 0.05) is 32.4 Å². The van der Waals surface area contributed by atoms with Gasteiger partial charge in [0.1, 0.15) is 5.82 Å². The first-order chi connectivity index (χ1) is 11.7. The Bertz CT molecular complexity index is 634. The lowest BCUT2D eigenvalue weighted by Gasteiger charge is -2.34. The lowest BCUT2D eigenvalue weighted by molar-refractivity contribution is -0.132. The molecular formula is C18H23FN4O. The van der Waals surface area contributed by atoms with Gasteiger partial charge >= 0.3 is 0 Å². The summed E-state index contributed by atoms with van der Waals surface area (Å²) < 4.78 is 12.9. The highest BCUT2D eigenvalue weighted by atomic mass is 19.1. The normalized spacial score (nSPS) is 15.6. The summed E-state index contributed by atoms with van der Waals surface area (Å²) in [6, 6.07) is 6.17. The molecule has 1 aliphatic rings. The van der Waals surface area contributed by atoms with E-state index in [0.717, 1.165) is 51.1 Å². The highest BCUT2D eigenvalue weighted by Crippen LogP contribution is 2.09. The number of hydrogen-bond acceptors (Lipinski definition) is 3. The Hall–Kier alpha value is -2.21. The molecule has 0 atom stereocenters. The summed E-state index contributed by atoms with van der Waals surface area (Å²) in [5.74, 6) is -0.144. The quantitative estimate of drug-likeness (QED) is 0.880. The zero-order valence-electron chi connectivity index (χ0n) is 13.7. The number of rotatable bonds is 6. The monoisotopic (exact) mass is 330 g/mol. The van der Waals surface area contributed by atoms with E-state index in [4.69, 9.17) is 0 Å². The van der Waals surface area contributed by atoms with Crippen molar-refractivity contribution in [1.82, 2.24) is 20.0 Å². The van der Waals surface area contributed by atoms with Gasteiger partial charge in [0.15, 0.2) is 0 Å². The predicted molar refractivity (Wildman–Crippen MR) is 90.0 cm³/mol. The topological polar surface area (TPSA) is 52.2 Å². The number of nitrogens with one attached hydrogen (secondary N) is 1. The number of halogens is 1. The van der Waals surface area contributed by atoms with Gasteiger partial charge in [-0.25, -0.2) is 4.39 Å².